The highest BCUT2D eigenvalue weighted by molar-refractivity contribution is 5.93. The van der Waals surface area contributed by atoms with Crippen LogP contribution in [0.25, 0.3) is 11.0 Å². The van der Waals surface area contributed by atoms with Gasteiger partial charge in [0.15, 0.2) is 5.75 Å². The molecule has 316 valence electrons. The fourth-order valence-electron chi connectivity index (χ4n) is 7.15. The molecule has 62 heavy (non-hydrogen) atoms. The summed E-state index contributed by atoms with van der Waals surface area (Å²) in [6.07, 6.45) is -4.68. The van der Waals surface area contributed by atoms with Crippen molar-refractivity contribution in [2.24, 2.45) is 0 Å². The molecule has 1 aliphatic heterocycles. The predicted molar refractivity (Wildman–Crippen MR) is 231 cm³/mol. The van der Waals surface area contributed by atoms with Crippen molar-refractivity contribution in [3.05, 3.63) is 208 Å². The molecule has 2 heterocycles. The van der Waals surface area contributed by atoms with Gasteiger partial charge in [0.05, 0.1) is 51.1 Å². The first kappa shape index (κ1) is 42.1. The number of esters is 1. The summed E-state index contributed by atoms with van der Waals surface area (Å²) in [5.41, 5.74) is 3.12. The predicted octanol–water partition coefficient (Wildman–Crippen LogP) is 9.10. The highest BCUT2D eigenvalue weighted by Crippen LogP contribution is 2.39. The van der Waals surface area contributed by atoms with E-state index in [1.807, 2.05) is 121 Å². The molecule has 0 N–H and O–H groups in total. The van der Waals surface area contributed by atoms with E-state index in [2.05, 4.69) is 0 Å². The maximum atomic E-state index is 13.9. The minimum atomic E-state index is -1.29. The molecule has 1 saturated heterocycles. The minimum Gasteiger partial charge on any atom is -0.497 e. The fraction of sp³-hybridized carbons (Fsp3) is 0.216. The van der Waals surface area contributed by atoms with Crippen LogP contribution in [0.15, 0.2) is 179 Å². The molecule has 1 fully saturated rings. The van der Waals surface area contributed by atoms with Crippen LogP contribution >= 0.6 is 0 Å². The van der Waals surface area contributed by atoms with Gasteiger partial charge in [-0.05, 0) is 46.5 Å². The molecule has 11 nitrogen and oxygen atoms in total. The zero-order valence-electron chi connectivity index (χ0n) is 34.1. The number of rotatable bonds is 18. The third-order valence-electron chi connectivity index (χ3n) is 10.3. The summed E-state index contributed by atoms with van der Waals surface area (Å²) in [6.45, 7) is 0.940. The van der Waals surface area contributed by atoms with Crippen molar-refractivity contribution in [1.82, 2.24) is 0 Å². The molecule has 1 aromatic heterocycles. The highest BCUT2D eigenvalue weighted by atomic mass is 16.7. The lowest BCUT2D eigenvalue weighted by molar-refractivity contribution is -0.310. The molecule has 6 aromatic carbocycles. The van der Waals surface area contributed by atoms with E-state index in [1.165, 1.54) is 7.11 Å². The van der Waals surface area contributed by atoms with E-state index >= 15 is 0 Å². The van der Waals surface area contributed by atoms with Crippen LogP contribution in [0.5, 0.6) is 17.2 Å². The van der Waals surface area contributed by atoms with E-state index < -0.39 is 48.1 Å². The number of fused-ring (bicyclic) bond motifs is 1. The topological polar surface area (TPSA) is 121 Å². The van der Waals surface area contributed by atoms with Gasteiger partial charge in [-0.25, -0.2) is 9.59 Å². The third-order valence-corrected chi connectivity index (χ3v) is 10.3. The van der Waals surface area contributed by atoms with E-state index in [4.69, 9.17) is 42.3 Å². The van der Waals surface area contributed by atoms with Gasteiger partial charge >= 0.3 is 11.6 Å². The molecule has 0 spiro atoms. The summed E-state index contributed by atoms with van der Waals surface area (Å²) in [5.74, 6) is -0.927. The van der Waals surface area contributed by atoms with Gasteiger partial charge < -0.3 is 42.3 Å². The Morgan fingerprint density at radius 3 is 1.61 bits per heavy atom. The molecule has 1 aliphatic rings. The number of carbonyl (C=O) groups is 1. The van der Waals surface area contributed by atoms with Crippen LogP contribution in [-0.4, -0.2) is 50.4 Å². The quantitative estimate of drug-likeness (QED) is 0.0608. The van der Waals surface area contributed by atoms with Gasteiger partial charge in [-0.15, -0.1) is 0 Å². The zero-order chi connectivity index (χ0) is 42.5. The molecule has 8 rings (SSSR count). The van der Waals surface area contributed by atoms with Gasteiger partial charge in [-0.2, -0.15) is 0 Å². The summed E-state index contributed by atoms with van der Waals surface area (Å²) in [7, 11) is 1.50. The summed E-state index contributed by atoms with van der Waals surface area (Å²) >= 11 is 0. The Morgan fingerprint density at radius 1 is 0.565 bits per heavy atom. The minimum absolute atomic E-state index is 0.0650. The van der Waals surface area contributed by atoms with Crippen molar-refractivity contribution >= 4 is 16.9 Å². The number of hydrogen-bond donors (Lipinski definition) is 0. The van der Waals surface area contributed by atoms with Crippen LogP contribution in [-0.2, 0) is 50.1 Å². The molecule has 0 amide bonds. The van der Waals surface area contributed by atoms with Crippen LogP contribution in [0.1, 0.15) is 32.6 Å². The van der Waals surface area contributed by atoms with Crippen molar-refractivity contribution in [3.8, 4) is 17.2 Å². The van der Waals surface area contributed by atoms with Gasteiger partial charge in [0, 0.05) is 6.07 Å². The van der Waals surface area contributed by atoms with Gasteiger partial charge in [-0.3, -0.25) is 0 Å². The zero-order valence-corrected chi connectivity index (χ0v) is 34.1. The van der Waals surface area contributed by atoms with Crippen molar-refractivity contribution in [2.75, 3.05) is 13.7 Å². The Bertz CT molecular complexity index is 2530. The summed E-state index contributed by atoms with van der Waals surface area (Å²) in [6, 6.07) is 52.3. The molecule has 0 radical (unpaired) electrons. The molecule has 11 heteroatoms. The molecule has 0 saturated carbocycles. The van der Waals surface area contributed by atoms with Gasteiger partial charge in [-0.1, -0.05) is 140 Å². The average molecular weight is 835 g/mol. The van der Waals surface area contributed by atoms with Gasteiger partial charge in [0.2, 0.25) is 6.29 Å². The highest BCUT2D eigenvalue weighted by Gasteiger charge is 2.50. The first-order valence-electron chi connectivity index (χ1n) is 20.3. The smallest absolute Gasteiger partial charge is 0.383 e. The maximum absolute atomic E-state index is 13.9. The lowest BCUT2D eigenvalue weighted by Crippen LogP contribution is -2.62. The maximum Gasteiger partial charge on any atom is 0.383 e. The normalized spacial score (nSPS) is 18.6. The molecular weight excluding hydrogens is 789 g/mol. The van der Waals surface area contributed by atoms with Crippen LogP contribution in [0.2, 0.25) is 0 Å². The number of carbonyl (C=O) groups excluding carboxylic acids is 1. The molecular formula is C51H46O11. The molecule has 0 bridgehead atoms. The van der Waals surface area contributed by atoms with Crippen LogP contribution in [0.3, 0.4) is 0 Å². The average Bonchev–Trinajstić information content (AvgIpc) is 3.32. The number of benzene rings is 6. The number of ether oxygens (including phenoxy) is 8. The monoisotopic (exact) mass is 834 g/mol. The van der Waals surface area contributed by atoms with E-state index in [9.17, 15) is 9.59 Å². The first-order chi connectivity index (χ1) is 30.5. The van der Waals surface area contributed by atoms with E-state index in [0.717, 1.165) is 22.3 Å². The first-order valence-corrected chi connectivity index (χ1v) is 20.3. The Hall–Kier alpha value is -6.60. The Kier molecular flexibility index (Phi) is 14.1. The van der Waals surface area contributed by atoms with Crippen molar-refractivity contribution in [1.29, 1.82) is 0 Å². The Morgan fingerprint density at radius 2 is 1.06 bits per heavy atom. The Labute approximate surface area is 359 Å². The summed E-state index contributed by atoms with van der Waals surface area (Å²) in [4.78, 5) is 27.5. The standard InChI is InChI=1S/C51H46O11/c1-54-40-27-28-41-42(29-40)59-50(53)47(61-49(52)39-25-15-6-16-26-39)44(41)62-51-48(58-33-38-23-13-5-14-24-38)46(57-32-37-21-11-4-12-22-37)45(56-31-36-19-9-3-10-20-36)43(60-51)34-55-30-35-17-7-2-8-18-35/h2-29,43,45-46,48,51H,30-34H2,1H3/t43-,45-,46+,48+,51-/m1/s1. The SMILES string of the molecule is COc1ccc2c(O[C@H]3O[C@H](COCc4ccccc4)[C@@H](OCc4ccccc4)[C@H](OCc4ccccc4)[C@@H]3OCc3ccccc3)c(OC(=O)c3ccccc3)c(=O)oc2c1. The fourth-order valence-corrected chi connectivity index (χ4v) is 7.15. The number of hydrogen-bond acceptors (Lipinski definition) is 11. The summed E-state index contributed by atoms with van der Waals surface area (Å²) in [5, 5.41) is 0.313. The van der Waals surface area contributed by atoms with Crippen molar-refractivity contribution in [2.45, 2.75) is 57.1 Å². The van der Waals surface area contributed by atoms with E-state index in [1.54, 1.807) is 48.5 Å². The van der Waals surface area contributed by atoms with Crippen LogP contribution in [0, 0.1) is 0 Å². The molecule has 0 unspecified atom stereocenters. The van der Waals surface area contributed by atoms with Crippen LogP contribution < -0.4 is 19.8 Å². The summed E-state index contributed by atoms with van der Waals surface area (Å²) < 4.78 is 57.6. The van der Waals surface area contributed by atoms with E-state index in [-0.39, 0.29) is 43.3 Å². The van der Waals surface area contributed by atoms with Gasteiger partial charge in [0.1, 0.15) is 35.7 Å². The van der Waals surface area contributed by atoms with Gasteiger partial charge in [0.25, 0.3) is 5.75 Å². The third kappa shape index (κ3) is 10.6. The second kappa shape index (κ2) is 20.8. The second-order valence-electron chi connectivity index (χ2n) is 14.6. The lowest BCUT2D eigenvalue weighted by Gasteiger charge is -2.45. The lowest BCUT2D eigenvalue weighted by atomic mass is 9.97. The van der Waals surface area contributed by atoms with Crippen molar-refractivity contribution in [3.63, 3.8) is 0 Å². The largest absolute Gasteiger partial charge is 0.497 e. The second-order valence-corrected chi connectivity index (χ2v) is 14.6. The van der Waals surface area contributed by atoms with E-state index in [0.29, 0.717) is 17.7 Å². The van der Waals surface area contributed by atoms with Crippen molar-refractivity contribution < 1.29 is 47.1 Å². The molecule has 0 aliphatic carbocycles. The molecule has 5 atom stereocenters. The Balaban J connectivity index is 1.22. The molecule has 7 aromatic rings. The number of methoxy groups -OCH3 is 1. The van der Waals surface area contributed by atoms with Crippen LogP contribution in [0.4, 0.5) is 0 Å².